The van der Waals surface area contributed by atoms with Crippen molar-refractivity contribution in [3.05, 3.63) is 42.5 Å². The van der Waals surface area contributed by atoms with Crippen LogP contribution in [-0.4, -0.2) is 95.9 Å². The SMILES string of the molecule is C[S+](CC[C@H](N)C(=O)O)C[C@H]1O[C@H](n2cnc3c(N)ncnc32)[C@H](O)[C@@H]1O.Cc1ccc(S(=O)(=O)[O-])cc1. The molecule has 0 spiro atoms. The molecule has 0 saturated carbocycles. The van der Waals surface area contributed by atoms with Crippen LogP contribution in [0.3, 0.4) is 0 Å². The van der Waals surface area contributed by atoms with E-state index in [9.17, 15) is 28.0 Å². The number of ether oxygens (including phenoxy) is 1. The zero-order valence-corrected chi connectivity index (χ0v) is 22.2. The average Bonchev–Trinajstić information content (AvgIpc) is 3.40. The Hall–Kier alpha value is -2.86. The van der Waals surface area contributed by atoms with Crippen molar-refractivity contribution in [2.45, 2.75) is 48.8 Å². The first kappa shape index (κ1) is 29.7. The summed E-state index contributed by atoms with van der Waals surface area (Å²) >= 11 is 0. The van der Waals surface area contributed by atoms with Crippen molar-refractivity contribution in [1.29, 1.82) is 0 Å². The van der Waals surface area contributed by atoms with Crippen molar-refractivity contribution in [3.63, 3.8) is 0 Å². The van der Waals surface area contributed by atoms with Crippen LogP contribution in [0.1, 0.15) is 18.2 Å². The fraction of sp³-hybridized carbons (Fsp3) is 0.455. The molecule has 208 valence electrons. The highest BCUT2D eigenvalue weighted by Gasteiger charge is 2.46. The predicted molar refractivity (Wildman–Crippen MR) is 138 cm³/mol. The predicted octanol–water partition coefficient (Wildman–Crippen LogP) is -1.02. The number of hydrogen-bond acceptors (Lipinski definition) is 12. The summed E-state index contributed by atoms with van der Waals surface area (Å²) in [5, 5.41) is 29.7. The molecule has 3 heterocycles. The van der Waals surface area contributed by atoms with Crippen molar-refractivity contribution >= 4 is 44.0 Å². The average molecular weight is 571 g/mol. The summed E-state index contributed by atoms with van der Waals surface area (Å²) in [7, 11) is -4.50. The quantitative estimate of drug-likeness (QED) is 0.161. The number of aliphatic hydroxyl groups excluding tert-OH is 2. The van der Waals surface area contributed by atoms with E-state index in [1.807, 2.05) is 13.2 Å². The van der Waals surface area contributed by atoms with Gasteiger partial charge in [-0.3, -0.25) is 9.36 Å². The molecule has 1 unspecified atom stereocenters. The first-order valence-electron chi connectivity index (χ1n) is 11.3. The van der Waals surface area contributed by atoms with Gasteiger partial charge in [0.1, 0.15) is 57.8 Å². The third kappa shape index (κ3) is 7.16. The minimum absolute atomic E-state index is 0.178. The largest absolute Gasteiger partial charge is 0.744 e. The Morgan fingerprint density at radius 3 is 2.47 bits per heavy atom. The molecule has 0 bridgehead atoms. The second kappa shape index (κ2) is 12.3. The van der Waals surface area contributed by atoms with Crippen LogP contribution in [0.5, 0.6) is 0 Å². The molecule has 3 aromatic rings. The van der Waals surface area contributed by atoms with Gasteiger partial charge in [0.05, 0.1) is 17.5 Å². The number of nitrogens with two attached hydrogens (primary N) is 2. The van der Waals surface area contributed by atoms with Crippen molar-refractivity contribution < 1.29 is 37.8 Å². The second-order valence-electron chi connectivity index (χ2n) is 8.78. The lowest BCUT2D eigenvalue weighted by Crippen LogP contribution is -2.37. The van der Waals surface area contributed by atoms with E-state index >= 15 is 0 Å². The van der Waals surface area contributed by atoms with E-state index in [1.165, 1.54) is 29.4 Å². The fourth-order valence-electron chi connectivity index (χ4n) is 3.67. The Morgan fingerprint density at radius 1 is 1.21 bits per heavy atom. The first-order chi connectivity index (χ1) is 17.8. The van der Waals surface area contributed by atoms with Crippen molar-refractivity contribution in [1.82, 2.24) is 19.5 Å². The molecule has 38 heavy (non-hydrogen) atoms. The summed E-state index contributed by atoms with van der Waals surface area (Å²) in [4.78, 5) is 22.8. The van der Waals surface area contributed by atoms with Crippen LogP contribution in [0.2, 0.25) is 0 Å². The highest BCUT2D eigenvalue weighted by molar-refractivity contribution is 7.96. The van der Waals surface area contributed by atoms with E-state index in [-0.39, 0.29) is 21.6 Å². The Labute approximate surface area is 221 Å². The van der Waals surface area contributed by atoms with Gasteiger partial charge in [0.15, 0.2) is 17.7 Å². The van der Waals surface area contributed by atoms with Crippen LogP contribution in [0.4, 0.5) is 5.82 Å². The van der Waals surface area contributed by atoms with E-state index in [1.54, 1.807) is 12.1 Å². The second-order valence-corrected chi connectivity index (χ2v) is 12.5. The summed E-state index contributed by atoms with van der Waals surface area (Å²) in [6.07, 6.45) is 1.31. The molecule has 6 atom stereocenters. The number of benzene rings is 1. The lowest BCUT2D eigenvalue weighted by Gasteiger charge is -2.16. The van der Waals surface area contributed by atoms with Gasteiger partial charge in [-0.2, -0.15) is 0 Å². The highest BCUT2D eigenvalue weighted by atomic mass is 32.2. The van der Waals surface area contributed by atoms with Gasteiger partial charge in [0.2, 0.25) is 0 Å². The number of nitrogen functional groups attached to an aromatic ring is 1. The lowest BCUT2D eigenvalue weighted by atomic mass is 10.1. The molecule has 1 aliphatic rings. The Balaban J connectivity index is 0.000000304. The van der Waals surface area contributed by atoms with Crippen LogP contribution in [0.25, 0.3) is 11.2 Å². The van der Waals surface area contributed by atoms with E-state index < -0.39 is 46.7 Å². The molecule has 1 aliphatic heterocycles. The Bertz CT molecular complexity index is 1350. The van der Waals surface area contributed by atoms with E-state index in [4.69, 9.17) is 21.3 Å². The van der Waals surface area contributed by atoms with Crippen LogP contribution < -0.4 is 11.5 Å². The standard InChI is InChI=1S/C15H22N6O5S.C7H8O3S/c1-27(3-2-7(16)15(24)25)4-8-10(22)11(23)14(26-8)21-6-20-9-12(17)18-5-19-13(9)21;1-6-2-4-7(5-3-6)11(8,9)10/h5-8,10-11,14,22-23H,2-4,16H2,1H3,(H2-,17,18,19,24,25);2-5H,1H3,(H,8,9,10)/t7-,8+,10+,11+,14-,27?;/m0./s1. The van der Waals surface area contributed by atoms with Crippen LogP contribution in [-0.2, 0) is 30.5 Å². The number of hydrogen-bond donors (Lipinski definition) is 5. The number of fused-ring (bicyclic) bond motifs is 1. The maximum Gasteiger partial charge on any atom is 0.320 e. The summed E-state index contributed by atoms with van der Waals surface area (Å²) in [6.45, 7) is 1.82. The van der Waals surface area contributed by atoms with E-state index in [0.717, 1.165) is 5.56 Å². The summed E-state index contributed by atoms with van der Waals surface area (Å²) in [5.74, 6) is 0.254. The number of carboxylic acids is 1. The maximum absolute atomic E-state index is 10.8. The van der Waals surface area contributed by atoms with Crippen molar-refractivity contribution in [2.24, 2.45) is 5.73 Å². The van der Waals surface area contributed by atoms with Gasteiger partial charge in [-0.15, -0.1) is 0 Å². The van der Waals surface area contributed by atoms with E-state index in [2.05, 4.69) is 15.0 Å². The number of nitrogens with zero attached hydrogens (tertiary/aromatic N) is 4. The number of aliphatic carboxylic acids is 1. The number of aromatic nitrogens is 4. The number of imidazole rings is 1. The van der Waals surface area contributed by atoms with Gasteiger partial charge in [-0.1, -0.05) is 17.7 Å². The number of aliphatic hydroxyl groups is 2. The zero-order valence-electron chi connectivity index (χ0n) is 20.6. The number of aryl methyl sites for hydroxylation is 1. The summed E-state index contributed by atoms with van der Waals surface area (Å²) < 4.78 is 38.6. The van der Waals surface area contributed by atoms with Crippen LogP contribution in [0, 0.1) is 6.92 Å². The molecule has 0 aliphatic carbocycles. The minimum Gasteiger partial charge on any atom is -0.744 e. The smallest absolute Gasteiger partial charge is 0.320 e. The zero-order chi connectivity index (χ0) is 28.2. The molecular weight excluding hydrogens is 540 g/mol. The third-order valence-corrected chi connectivity index (χ3v) is 8.53. The molecule has 14 nitrogen and oxygen atoms in total. The van der Waals surface area contributed by atoms with Gasteiger partial charge >= 0.3 is 5.97 Å². The van der Waals surface area contributed by atoms with Gasteiger partial charge in [0, 0.05) is 6.42 Å². The van der Waals surface area contributed by atoms with Crippen molar-refractivity contribution in [2.75, 3.05) is 23.5 Å². The maximum atomic E-state index is 10.8. The topological polar surface area (TPSA) is 240 Å². The third-order valence-electron chi connectivity index (χ3n) is 5.85. The van der Waals surface area contributed by atoms with Crippen molar-refractivity contribution in [3.8, 4) is 0 Å². The molecule has 0 amide bonds. The lowest BCUT2D eigenvalue weighted by molar-refractivity contribution is -0.138. The highest BCUT2D eigenvalue weighted by Crippen LogP contribution is 2.32. The number of carboxylic acid groups (broad SMARTS) is 1. The van der Waals surface area contributed by atoms with Gasteiger partial charge < -0.3 is 36.1 Å². The first-order valence-corrected chi connectivity index (χ1v) is 14.7. The van der Waals surface area contributed by atoms with Gasteiger partial charge in [0.25, 0.3) is 0 Å². The normalized spacial score (nSPS) is 23.0. The van der Waals surface area contributed by atoms with Crippen LogP contribution >= 0.6 is 0 Å². The number of rotatable bonds is 8. The molecule has 7 N–H and O–H groups in total. The fourth-order valence-corrected chi connectivity index (χ4v) is 5.80. The molecule has 2 aromatic heterocycles. The summed E-state index contributed by atoms with van der Waals surface area (Å²) in [5.41, 5.74) is 13.0. The molecular formula is C22H30N6O8S2. The Kier molecular flexibility index (Phi) is 9.64. The van der Waals surface area contributed by atoms with E-state index in [0.29, 0.717) is 29.1 Å². The monoisotopic (exact) mass is 570 g/mol. The van der Waals surface area contributed by atoms with Gasteiger partial charge in [-0.25, -0.2) is 23.4 Å². The molecule has 16 heteroatoms. The number of carbonyl (C=O) groups is 1. The number of anilines is 1. The molecule has 1 saturated heterocycles. The molecule has 4 rings (SSSR count). The van der Waals surface area contributed by atoms with Crippen LogP contribution in [0.15, 0.2) is 41.8 Å². The van der Waals surface area contributed by atoms with Gasteiger partial charge in [-0.05, 0) is 30.0 Å². The molecule has 1 aromatic carbocycles. The Morgan fingerprint density at radius 2 is 1.87 bits per heavy atom. The summed E-state index contributed by atoms with van der Waals surface area (Å²) in [6, 6.07) is 4.88. The minimum atomic E-state index is -4.27. The molecule has 1 fully saturated rings. The molecule has 0 radical (unpaired) electrons.